The van der Waals surface area contributed by atoms with Gasteiger partial charge in [0.25, 0.3) is 12.4 Å². The lowest BCUT2D eigenvalue weighted by atomic mass is 10.1. The van der Waals surface area contributed by atoms with Gasteiger partial charge in [-0.15, -0.1) is 24.8 Å². The third kappa shape index (κ3) is 7.91. The Bertz CT molecular complexity index is 1050. The summed E-state index contributed by atoms with van der Waals surface area (Å²) >= 11 is 0. The molecular weight excluding hydrogens is 537 g/mol. The van der Waals surface area contributed by atoms with Crippen LogP contribution in [0.3, 0.4) is 0 Å². The summed E-state index contributed by atoms with van der Waals surface area (Å²) in [6, 6.07) is 3.53. The summed E-state index contributed by atoms with van der Waals surface area (Å²) < 4.78 is 46.7. The van der Waals surface area contributed by atoms with E-state index in [9.17, 15) is 18.4 Å². The maximum atomic E-state index is 13.3. The van der Waals surface area contributed by atoms with Crippen LogP contribution in [0.2, 0.25) is 0 Å². The Kier molecular flexibility index (Phi) is 11.4. The number of hydrogen-bond acceptors (Lipinski definition) is 9. The van der Waals surface area contributed by atoms with Gasteiger partial charge in [-0.3, -0.25) is 9.59 Å². The van der Waals surface area contributed by atoms with Gasteiger partial charge in [0.1, 0.15) is 6.61 Å². The number of nitrogens with zero attached hydrogens (tertiary/aromatic N) is 2. The van der Waals surface area contributed by atoms with Gasteiger partial charge in [-0.2, -0.15) is 8.78 Å². The standard InChI is InChI=1S/C23H28F2N4O6.2ClH/c1-13(26)20-19(22(31)29-7-6-27-16(9-29)11-32-12-30)28-21(35-20)15-4-5-17(34-23(24)25)18(8-15)33-10-14-2-3-14;;/h4-5,8,12-14,16,23,27H,2-3,6-7,9-11,26H2,1H3;2*1H/t13-,16?;;/m0../s1. The summed E-state index contributed by atoms with van der Waals surface area (Å²) in [5.74, 6) is 0.391. The lowest BCUT2D eigenvalue weighted by Crippen LogP contribution is -2.54. The van der Waals surface area contributed by atoms with Crippen LogP contribution in [-0.2, 0) is 9.53 Å². The van der Waals surface area contributed by atoms with Crippen molar-refractivity contribution in [3.63, 3.8) is 0 Å². The highest BCUT2D eigenvalue weighted by Gasteiger charge is 2.31. The highest BCUT2D eigenvalue weighted by atomic mass is 35.5. The van der Waals surface area contributed by atoms with E-state index in [1.165, 1.54) is 18.2 Å². The number of carbonyl (C=O) groups is 2. The maximum absolute atomic E-state index is 13.3. The number of amides is 1. The third-order valence-corrected chi connectivity index (χ3v) is 5.76. The van der Waals surface area contributed by atoms with E-state index in [4.69, 9.17) is 19.6 Å². The molecule has 1 aliphatic heterocycles. The number of piperazine rings is 1. The Hall–Kier alpha value is -2.67. The Morgan fingerprint density at radius 3 is 2.70 bits per heavy atom. The average Bonchev–Trinajstić information content (AvgIpc) is 3.56. The number of nitrogens with one attached hydrogen (secondary N) is 1. The zero-order valence-electron chi connectivity index (χ0n) is 20.1. The van der Waals surface area contributed by atoms with Crippen molar-refractivity contribution >= 4 is 37.2 Å². The number of aromatic nitrogens is 1. The largest absolute Gasteiger partial charge is 0.489 e. The summed E-state index contributed by atoms with van der Waals surface area (Å²) in [6.45, 7) is 0.811. The number of halogens is 4. The Labute approximate surface area is 225 Å². The van der Waals surface area contributed by atoms with Crippen LogP contribution in [0.15, 0.2) is 22.6 Å². The van der Waals surface area contributed by atoms with Crippen LogP contribution in [0, 0.1) is 5.92 Å². The van der Waals surface area contributed by atoms with E-state index in [1.807, 2.05) is 0 Å². The first-order valence-electron chi connectivity index (χ1n) is 11.4. The zero-order chi connectivity index (χ0) is 24.9. The molecule has 37 heavy (non-hydrogen) atoms. The monoisotopic (exact) mass is 566 g/mol. The van der Waals surface area contributed by atoms with Crippen LogP contribution in [0.4, 0.5) is 8.78 Å². The Morgan fingerprint density at radius 1 is 1.30 bits per heavy atom. The normalized spacial score (nSPS) is 17.9. The molecule has 0 spiro atoms. The average molecular weight is 567 g/mol. The lowest BCUT2D eigenvalue weighted by Gasteiger charge is -2.32. The maximum Gasteiger partial charge on any atom is 0.387 e. The number of benzene rings is 1. The van der Waals surface area contributed by atoms with Crippen LogP contribution in [-0.4, -0.2) is 67.8 Å². The lowest BCUT2D eigenvalue weighted by molar-refractivity contribution is -0.129. The predicted molar refractivity (Wildman–Crippen MR) is 134 cm³/mol. The molecule has 1 saturated carbocycles. The molecule has 2 heterocycles. The predicted octanol–water partition coefficient (Wildman–Crippen LogP) is 3.18. The van der Waals surface area contributed by atoms with E-state index < -0.39 is 12.7 Å². The molecule has 1 aromatic heterocycles. The Balaban J connectivity index is 0.00000241. The van der Waals surface area contributed by atoms with Gasteiger partial charge < -0.3 is 34.6 Å². The van der Waals surface area contributed by atoms with Crippen molar-refractivity contribution in [1.82, 2.24) is 15.2 Å². The molecule has 1 amide bonds. The van der Waals surface area contributed by atoms with Crippen molar-refractivity contribution in [3.8, 4) is 23.0 Å². The molecule has 0 radical (unpaired) electrons. The molecule has 14 heteroatoms. The first-order chi connectivity index (χ1) is 16.9. The van der Waals surface area contributed by atoms with Gasteiger partial charge in [-0.05, 0) is 43.9 Å². The molecule has 1 aliphatic carbocycles. The molecule has 206 valence electrons. The highest BCUT2D eigenvalue weighted by Crippen LogP contribution is 2.37. The van der Waals surface area contributed by atoms with Gasteiger partial charge in [-0.1, -0.05) is 0 Å². The summed E-state index contributed by atoms with van der Waals surface area (Å²) in [5.41, 5.74) is 6.56. The molecule has 2 aliphatic rings. The van der Waals surface area contributed by atoms with E-state index in [0.29, 0.717) is 44.2 Å². The SMILES string of the molecule is C[C@H](N)c1oc(-c2ccc(OC(F)F)c(OCC3CC3)c2)nc1C(=O)N1CCNC(COC=O)C1.Cl.Cl. The van der Waals surface area contributed by atoms with Crippen molar-refractivity contribution < 1.29 is 37.0 Å². The molecule has 0 bridgehead atoms. The molecule has 1 saturated heterocycles. The summed E-state index contributed by atoms with van der Waals surface area (Å²) in [5, 5.41) is 3.18. The van der Waals surface area contributed by atoms with Crippen LogP contribution < -0.4 is 20.5 Å². The summed E-state index contributed by atoms with van der Waals surface area (Å²) in [6.07, 6.45) is 2.06. The zero-order valence-corrected chi connectivity index (χ0v) is 21.7. The van der Waals surface area contributed by atoms with E-state index in [1.54, 1.807) is 11.8 Å². The van der Waals surface area contributed by atoms with E-state index in [2.05, 4.69) is 15.0 Å². The van der Waals surface area contributed by atoms with Gasteiger partial charge in [0.2, 0.25) is 5.89 Å². The molecule has 4 rings (SSSR count). The minimum absolute atomic E-state index is 0. The van der Waals surface area contributed by atoms with Crippen LogP contribution >= 0.6 is 24.8 Å². The van der Waals surface area contributed by atoms with Crippen LogP contribution in [0.5, 0.6) is 11.5 Å². The van der Waals surface area contributed by atoms with E-state index in [-0.39, 0.29) is 72.2 Å². The van der Waals surface area contributed by atoms with Gasteiger partial charge in [0.15, 0.2) is 23.0 Å². The third-order valence-electron chi connectivity index (χ3n) is 5.76. The van der Waals surface area contributed by atoms with Crippen molar-refractivity contribution in [1.29, 1.82) is 0 Å². The molecule has 2 aromatic rings. The molecule has 2 fully saturated rings. The molecular formula is C23H30Cl2F2N4O6. The van der Waals surface area contributed by atoms with Crippen molar-refractivity contribution in [2.75, 3.05) is 32.8 Å². The fraction of sp³-hybridized carbons (Fsp3) is 0.522. The smallest absolute Gasteiger partial charge is 0.387 e. The number of alkyl halides is 2. The molecule has 10 nitrogen and oxygen atoms in total. The number of ether oxygens (including phenoxy) is 3. The molecule has 2 atom stereocenters. The number of carbonyl (C=O) groups excluding carboxylic acids is 2. The first kappa shape index (κ1) is 30.6. The van der Waals surface area contributed by atoms with E-state index in [0.717, 1.165) is 12.8 Å². The van der Waals surface area contributed by atoms with Crippen molar-refractivity contribution in [2.24, 2.45) is 11.7 Å². The van der Waals surface area contributed by atoms with Gasteiger partial charge >= 0.3 is 6.61 Å². The Morgan fingerprint density at radius 2 is 2.05 bits per heavy atom. The number of hydrogen-bond donors (Lipinski definition) is 2. The minimum Gasteiger partial charge on any atom is -0.489 e. The quantitative estimate of drug-likeness (QED) is 0.394. The second-order valence-corrected chi connectivity index (χ2v) is 8.65. The first-order valence-corrected chi connectivity index (χ1v) is 11.4. The second-order valence-electron chi connectivity index (χ2n) is 8.65. The van der Waals surface area contributed by atoms with Crippen molar-refractivity contribution in [3.05, 3.63) is 29.7 Å². The van der Waals surface area contributed by atoms with Crippen molar-refractivity contribution in [2.45, 2.75) is 38.5 Å². The van der Waals surface area contributed by atoms with Crippen LogP contribution in [0.25, 0.3) is 11.5 Å². The van der Waals surface area contributed by atoms with E-state index >= 15 is 0 Å². The summed E-state index contributed by atoms with van der Waals surface area (Å²) in [4.78, 5) is 29.8. The van der Waals surface area contributed by atoms with Gasteiger partial charge in [0.05, 0.1) is 18.7 Å². The minimum atomic E-state index is -3.00. The topological polar surface area (TPSA) is 129 Å². The second kappa shape index (κ2) is 13.8. The fourth-order valence-corrected chi connectivity index (χ4v) is 3.78. The summed E-state index contributed by atoms with van der Waals surface area (Å²) in [7, 11) is 0. The highest BCUT2D eigenvalue weighted by molar-refractivity contribution is 5.94. The molecule has 1 unspecified atom stereocenters. The molecule has 1 aromatic carbocycles. The molecule has 3 N–H and O–H groups in total. The number of nitrogens with two attached hydrogens (primary N) is 1. The number of rotatable bonds is 11. The van der Waals surface area contributed by atoms with Crippen LogP contribution in [0.1, 0.15) is 42.1 Å². The fourth-order valence-electron chi connectivity index (χ4n) is 3.78. The van der Waals surface area contributed by atoms with Gasteiger partial charge in [0, 0.05) is 25.2 Å². The van der Waals surface area contributed by atoms with Gasteiger partial charge in [-0.25, -0.2) is 4.98 Å². The number of oxazole rings is 1.